The number of nitrogens with zero attached hydrogens (tertiary/aromatic N) is 2. The number of benzene rings is 2. The van der Waals surface area contributed by atoms with Crippen molar-refractivity contribution < 1.29 is 5.11 Å². The Balaban J connectivity index is 1.63. The van der Waals surface area contributed by atoms with Gasteiger partial charge in [0.05, 0.1) is 11.9 Å². The van der Waals surface area contributed by atoms with E-state index in [2.05, 4.69) is 35.3 Å². The van der Waals surface area contributed by atoms with Gasteiger partial charge in [0.25, 0.3) is 0 Å². The van der Waals surface area contributed by atoms with Crippen LogP contribution in [-0.2, 0) is 12.0 Å². The van der Waals surface area contributed by atoms with E-state index in [-0.39, 0.29) is 5.75 Å². The van der Waals surface area contributed by atoms with E-state index in [9.17, 15) is 5.11 Å². The summed E-state index contributed by atoms with van der Waals surface area (Å²) in [6.07, 6.45) is 10.1. The van der Waals surface area contributed by atoms with E-state index >= 15 is 0 Å². The number of anilines is 1. The SMILES string of the molecule is Nc1cnccc1-c1ccc(CC2(c3ccc(O)cc3)C=CC=N2)cc1. The Labute approximate surface area is 152 Å². The van der Waals surface area contributed by atoms with Crippen LogP contribution in [0.2, 0.25) is 0 Å². The highest BCUT2D eigenvalue weighted by molar-refractivity contribution is 5.77. The number of nitrogen functional groups attached to an aromatic ring is 1. The van der Waals surface area contributed by atoms with Gasteiger partial charge in [0.1, 0.15) is 11.3 Å². The van der Waals surface area contributed by atoms with Gasteiger partial charge >= 0.3 is 0 Å². The number of aliphatic imine (C=N–C) groups is 1. The van der Waals surface area contributed by atoms with Crippen molar-refractivity contribution in [2.24, 2.45) is 4.99 Å². The van der Waals surface area contributed by atoms with E-state index in [1.54, 1.807) is 24.5 Å². The number of nitrogens with two attached hydrogens (primary N) is 1. The summed E-state index contributed by atoms with van der Waals surface area (Å²) in [6, 6.07) is 17.6. The number of hydrogen-bond donors (Lipinski definition) is 2. The summed E-state index contributed by atoms with van der Waals surface area (Å²) in [5, 5.41) is 9.56. The van der Waals surface area contributed by atoms with Crippen molar-refractivity contribution in [1.29, 1.82) is 0 Å². The summed E-state index contributed by atoms with van der Waals surface area (Å²) >= 11 is 0. The van der Waals surface area contributed by atoms with Gasteiger partial charge in [0, 0.05) is 24.4 Å². The maximum absolute atomic E-state index is 9.56. The molecule has 1 aromatic heterocycles. The highest BCUT2D eigenvalue weighted by atomic mass is 16.3. The lowest BCUT2D eigenvalue weighted by atomic mass is 9.84. The second-order valence-corrected chi connectivity index (χ2v) is 6.45. The van der Waals surface area contributed by atoms with E-state index in [1.807, 2.05) is 30.5 Å². The van der Waals surface area contributed by atoms with Crippen LogP contribution in [0.3, 0.4) is 0 Å². The number of aromatic nitrogens is 1. The van der Waals surface area contributed by atoms with Gasteiger partial charge in [-0.2, -0.15) is 0 Å². The van der Waals surface area contributed by atoms with Crippen molar-refractivity contribution in [3.05, 3.63) is 90.3 Å². The van der Waals surface area contributed by atoms with Crippen LogP contribution in [0, 0.1) is 0 Å². The predicted molar refractivity (Wildman–Crippen MR) is 105 cm³/mol. The molecule has 0 saturated carbocycles. The molecule has 4 heteroatoms. The quantitative estimate of drug-likeness (QED) is 0.750. The molecule has 0 saturated heterocycles. The fourth-order valence-corrected chi connectivity index (χ4v) is 3.33. The number of allylic oxidation sites excluding steroid dienone is 1. The van der Waals surface area contributed by atoms with Crippen LogP contribution in [0.4, 0.5) is 5.69 Å². The predicted octanol–water partition coefficient (Wildman–Crippen LogP) is 4.12. The molecule has 4 nitrogen and oxygen atoms in total. The lowest BCUT2D eigenvalue weighted by Gasteiger charge is -2.25. The lowest BCUT2D eigenvalue weighted by molar-refractivity contribution is 0.474. The first-order valence-corrected chi connectivity index (χ1v) is 8.48. The van der Waals surface area contributed by atoms with E-state index in [0.717, 1.165) is 23.1 Å². The Morgan fingerprint density at radius 2 is 1.73 bits per heavy atom. The van der Waals surface area contributed by atoms with E-state index in [0.29, 0.717) is 5.69 Å². The molecule has 26 heavy (non-hydrogen) atoms. The Bertz CT molecular complexity index is 961. The Morgan fingerprint density at radius 1 is 0.962 bits per heavy atom. The second kappa shape index (κ2) is 6.48. The molecule has 0 amide bonds. The summed E-state index contributed by atoms with van der Waals surface area (Å²) in [6.45, 7) is 0. The number of aromatic hydroxyl groups is 1. The Kier molecular flexibility index (Phi) is 4.01. The number of rotatable bonds is 4. The minimum absolute atomic E-state index is 0.258. The summed E-state index contributed by atoms with van der Waals surface area (Å²) < 4.78 is 0. The van der Waals surface area contributed by atoms with Gasteiger partial charge in [-0.15, -0.1) is 0 Å². The number of phenolic OH excluding ortho intramolecular Hbond substituents is 1. The van der Waals surface area contributed by atoms with Crippen molar-refractivity contribution in [2.45, 2.75) is 12.0 Å². The number of phenols is 1. The normalized spacial score (nSPS) is 18.3. The zero-order valence-corrected chi connectivity index (χ0v) is 14.2. The molecule has 2 heterocycles. The Morgan fingerprint density at radius 3 is 2.38 bits per heavy atom. The average molecular weight is 341 g/mol. The molecule has 0 radical (unpaired) electrons. The third kappa shape index (κ3) is 2.97. The van der Waals surface area contributed by atoms with Gasteiger partial charge in [0.2, 0.25) is 0 Å². The minimum Gasteiger partial charge on any atom is -0.508 e. The molecular formula is C22H19N3O. The first kappa shape index (κ1) is 16.1. The summed E-state index contributed by atoms with van der Waals surface area (Å²) in [7, 11) is 0. The topological polar surface area (TPSA) is 71.5 Å². The molecule has 3 aromatic rings. The summed E-state index contributed by atoms with van der Waals surface area (Å²) in [4.78, 5) is 8.75. The molecule has 1 aliphatic heterocycles. The van der Waals surface area contributed by atoms with E-state index < -0.39 is 5.54 Å². The van der Waals surface area contributed by atoms with Gasteiger partial charge < -0.3 is 10.8 Å². The molecule has 0 bridgehead atoms. The van der Waals surface area contributed by atoms with Gasteiger partial charge in [-0.25, -0.2) is 0 Å². The van der Waals surface area contributed by atoms with Crippen LogP contribution in [0.25, 0.3) is 11.1 Å². The van der Waals surface area contributed by atoms with Crippen LogP contribution >= 0.6 is 0 Å². The van der Waals surface area contributed by atoms with Crippen molar-refractivity contribution >= 4 is 11.9 Å². The lowest BCUT2D eigenvalue weighted by Crippen LogP contribution is -2.22. The molecule has 0 spiro atoms. The maximum Gasteiger partial charge on any atom is 0.115 e. The molecule has 1 aliphatic rings. The van der Waals surface area contributed by atoms with Gasteiger partial charge in [-0.05, 0) is 41.0 Å². The highest BCUT2D eigenvalue weighted by Gasteiger charge is 2.30. The molecule has 128 valence electrons. The molecule has 3 N–H and O–H groups in total. The number of pyridine rings is 1. The third-order valence-corrected chi connectivity index (χ3v) is 4.72. The first-order chi connectivity index (χ1) is 12.7. The summed E-state index contributed by atoms with van der Waals surface area (Å²) in [5.41, 5.74) is 10.6. The molecule has 0 aliphatic carbocycles. The molecule has 0 fully saturated rings. The van der Waals surface area contributed by atoms with Gasteiger partial charge in [-0.3, -0.25) is 9.98 Å². The van der Waals surface area contributed by atoms with Crippen LogP contribution in [-0.4, -0.2) is 16.3 Å². The Hall–Kier alpha value is -3.40. The van der Waals surface area contributed by atoms with Crippen LogP contribution in [0.1, 0.15) is 11.1 Å². The van der Waals surface area contributed by atoms with Crippen molar-refractivity contribution in [1.82, 2.24) is 4.98 Å². The molecule has 4 rings (SSSR count). The average Bonchev–Trinajstić information content (AvgIpc) is 3.13. The molecular weight excluding hydrogens is 322 g/mol. The van der Waals surface area contributed by atoms with Gasteiger partial charge in [-0.1, -0.05) is 42.5 Å². The fourth-order valence-electron chi connectivity index (χ4n) is 3.33. The summed E-state index contributed by atoms with van der Waals surface area (Å²) in [5.74, 6) is 0.258. The van der Waals surface area contributed by atoms with E-state index in [4.69, 9.17) is 10.7 Å². The standard InChI is InChI=1S/C22H19N3O/c23-21-15-24-13-10-20(21)17-4-2-16(3-5-17)14-22(11-1-12-25-22)18-6-8-19(26)9-7-18/h1-13,15,26H,14,23H2. The maximum atomic E-state index is 9.56. The van der Waals surface area contributed by atoms with Gasteiger partial charge in [0.15, 0.2) is 0 Å². The van der Waals surface area contributed by atoms with Crippen molar-refractivity contribution in [3.8, 4) is 16.9 Å². The van der Waals surface area contributed by atoms with Crippen molar-refractivity contribution in [2.75, 3.05) is 5.73 Å². The van der Waals surface area contributed by atoms with Crippen LogP contribution in [0.15, 0.2) is 84.1 Å². The van der Waals surface area contributed by atoms with Crippen molar-refractivity contribution in [3.63, 3.8) is 0 Å². The molecule has 2 aromatic carbocycles. The monoisotopic (exact) mass is 341 g/mol. The molecule has 1 unspecified atom stereocenters. The van der Waals surface area contributed by atoms with Crippen LogP contribution < -0.4 is 5.73 Å². The zero-order valence-electron chi connectivity index (χ0n) is 14.2. The molecule has 1 atom stereocenters. The highest BCUT2D eigenvalue weighted by Crippen LogP contribution is 2.35. The van der Waals surface area contributed by atoms with E-state index in [1.165, 1.54) is 5.56 Å². The second-order valence-electron chi connectivity index (χ2n) is 6.45. The third-order valence-electron chi connectivity index (χ3n) is 4.72. The fraction of sp³-hybridized carbons (Fsp3) is 0.0909. The largest absolute Gasteiger partial charge is 0.508 e. The minimum atomic E-state index is -0.426. The van der Waals surface area contributed by atoms with Crippen LogP contribution in [0.5, 0.6) is 5.75 Å². The number of hydrogen-bond acceptors (Lipinski definition) is 4. The first-order valence-electron chi connectivity index (χ1n) is 8.48. The zero-order chi connectivity index (χ0) is 18.0. The smallest absolute Gasteiger partial charge is 0.115 e.